The van der Waals surface area contributed by atoms with Crippen LogP contribution in [-0.4, -0.2) is 32.1 Å². The molecule has 0 aliphatic rings. The van der Waals surface area contributed by atoms with E-state index in [1.807, 2.05) is 47.4 Å². The Morgan fingerprint density at radius 2 is 1.93 bits per heavy atom. The van der Waals surface area contributed by atoms with Crippen LogP contribution in [0.3, 0.4) is 0 Å². The van der Waals surface area contributed by atoms with Crippen LogP contribution in [0.4, 0.5) is 0 Å². The van der Waals surface area contributed by atoms with Crippen molar-refractivity contribution >= 4 is 22.7 Å². The van der Waals surface area contributed by atoms with Gasteiger partial charge in [0.25, 0.3) is 0 Å². The Labute approximate surface area is 168 Å². The highest BCUT2D eigenvalue weighted by atomic mass is 32.2. The molecule has 4 aromatic rings. The highest BCUT2D eigenvalue weighted by Gasteiger charge is 2.19. The summed E-state index contributed by atoms with van der Waals surface area (Å²) < 4.78 is 7.46. The predicted molar refractivity (Wildman–Crippen MR) is 111 cm³/mol. The Kier molecular flexibility index (Phi) is 5.25. The molecule has 0 saturated carbocycles. The van der Waals surface area contributed by atoms with Crippen LogP contribution < -0.4 is 4.74 Å². The number of aromatic nitrogens is 5. The second kappa shape index (κ2) is 7.98. The molecule has 0 atom stereocenters. The fraction of sp³-hybridized carbons (Fsp3) is 0.238. The number of rotatable bonds is 6. The van der Waals surface area contributed by atoms with Crippen LogP contribution >= 0.6 is 11.8 Å². The van der Waals surface area contributed by atoms with E-state index < -0.39 is 0 Å². The molecule has 3 aromatic heterocycles. The van der Waals surface area contributed by atoms with Crippen LogP contribution in [0.25, 0.3) is 16.6 Å². The number of methoxy groups -OCH3 is 1. The molecule has 0 fully saturated rings. The average Bonchev–Trinajstić information content (AvgIpc) is 3.17. The molecular weight excluding hydrogens is 370 g/mol. The van der Waals surface area contributed by atoms with E-state index in [-0.39, 0.29) is 5.92 Å². The smallest absolute Gasteiger partial charge is 0.146 e. The Bertz CT molecular complexity index is 1090. The van der Waals surface area contributed by atoms with E-state index in [0.717, 1.165) is 44.4 Å². The standard InChI is InChI=1S/C21H21N5OS/c1-14(2)19-16-12-23-26(17-8-4-5-9-18(17)27-3)20(16)21(25-24-19)28-13-15-7-6-10-22-11-15/h4-12,14H,13H2,1-3H3. The van der Waals surface area contributed by atoms with Crippen LogP contribution in [0.2, 0.25) is 0 Å². The van der Waals surface area contributed by atoms with Crippen molar-refractivity contribution in [3.63, 3.8) is 0 Å². The number of nitrogens with zero attached hydrogens (tertiary/aromatic N) is 5. The third-order valence-electron chi connectivity index (χ3n) is 4.45. The molecule has 28 heavy (non-hydrogen) atoms. The van der Waals surface area contributed by atoms with E-state index >= 15 is 0 Å². The highest BCUT2D eigenvalue weighted by Crippen LogP contribution is 2.34. The first kappa shape index (κ1) is 18.4. The average molecular weight is 392 g/mol. The number of ether oxygens (including phenoxy) is 1. The summed E-state index contributed by atoms with van der Waals surface area (Å²) in [5.41, 5.74) is 3.92. The summed E-state index contributed by atoms with van der Waals surface area (Å²) in [6.45, 7) is 4.23. The summed E-state index contributed by atoms with van der Waals surface area (Å²) >= 11 is 1.64. The van der Waals surface area contributed by atoms with Gasteiger partial charge in [0, 0.05) is 23.5 Å². The number of pyridine rings is 1. The van der Waals surface area contributed by atoms with Crippen molar-refractivity contribution in [1.82, 2.24) is 25.0 Å². The summed E-state index contributed by atoms with van der Waals surface area (Å²) in [6.07, 6.45) is 5.53. The molecule has 6 nitrogen and oxygen atoms in total. The largest absolute Gasteiger partial charge is 0.494 e. The van der Waals surface area contributed by atoms with Gasteiger partial charge < -0.3 is 4.74 Å². The first-order valence-electron chi connectivity index (χ1n) is 9.08. The highest BCUT2D eigenvalue weighted by molar-refractivity contribution is 7.98. The Morgan fingerprint density at radius 3 is 2.68 bits per heavy atom. The maximum Gasteiger partial charge on any atom is 0.146 e. The quantitative estimate of drug-likeness (QED) is 0.446. The van der Waals surface area contributed by atoms with Crippen LogP contribution in [0, 0.1) is 0 Å². The molecule has 0 radical (unpaired) electrons. The van der Waals surface area contributed by atoms with Gasteiger partial charge in [0.2, 0.25) is 0 Å². The number of hydrogen-bond donors (Lipinski definition) is 0. The lowest BCUT2D eigenvalue weighted by Gasteiger charge is -2.12. The van der Waals surface area contributed by atoms with Gasteiger partial charge in [-0.2, -0.15) is 10.2 Å². The van der Waals surface area contributed by atoms with E-state index in [1.165, 1.54) is 0 Å². The normalized spacial score (nSPS) is 11.3. The van der Waals surface area contributed by atoms with Gasteiger partial charge in [-0.25, -0.2) is 4.68 Å². The molecule has 3 heterocycles. The fourth-order valence-electron chi connectivity index (χ4n) is 3.09. The zero-order valence-corrected chi connectivity index (χ0v) is 16.8. The molecule has 7 heteroatoms. The van der Waals surface area contributed by atoms with Crippen LogP contribution in [-0.2, 0) is 5.75 Å². The molecule has 142 valence electrons. The topological polar surface area (TPSA) is 65.7 Å². The molecular formula is C21H21N5OS. The molecule has 0 aliphatic heterocycles. The van der Waals surface area contributed by atoms with Crippen LogP contribution in [0.5, 0.6) is 5.75 Å². The summed E-state index contributed by atoms with van der Waals surface area (Å²) in [5, 5.41) is 15.6. The van der Waals surface area contributed by atoms with Gasteiger partial charge >= 0.3 is 0 Å². The third-order valence-corrected chi connectivity index (χ3v) is 5.48. The zero-order chi connectivity index (χ0) is 19.5. The lowest BCUT2D eigenvalue weighted by atomic mass is 10.1. The molecule has 0 saturated heterocycles. The van der Waals surface area contributed by atoms with E-state index in [4.69, 9.17) is 4.74 Å². The van der Waals surface area contributed by atoms with E-state index in [1.54, 1.807) is 25.1 Å². The van der Waals surface area contributed by atoms with Crippen molar-refractivity contribution < 1.29 is 4.74 Å². The van der Waals surface area contributed by atoms with E-state index in [9.17, 15) is 0 Å². The lowest BCUT2D eigenvalue weighted by Crippen LogP contribution is -2.04. The summed E-state index contributed by atoms with van der Waals surface area (Å²) in [6, 6.07) is 11.9. The minimum Gasteiger partial charge on any atom is -0.494 e. The first-order chi connectivity index (χ1) is 13.7. The SMILES string of the molecule is COc1ccccc1-n1ncc2c(C(C)C)nnc(SCc3cccnc3)c21. The van der Waals surface area contributed by atoms with Crippen molar-refractivity contribution in [2.45, 2.75) is 30.5 Å². The lowest BCUT2D eigenvalue weighted by molar-refractivity contribution is 0.412. The molecule has 0 amide bonds. The fourth-order valence-corrected chi connectivity index (χ4v) is 3.99. The third kappa shape index (κ3) is 3.45. The molecule has 1 aromatic carbocycles. The van der Waals surface area contributed by atoms with Gasteiger partial charge in [-0.05, 0) is 29.7 Å². The molecule has 0 aliphatic carbocycles. The van der Waals surface area contributed by atoms with Gasteiger partial charge in [-0.15, -0.1) is 5.10 Å². The summed E-state index contributed by atoms with van der Waals surface area (Å²) in [5.74, 6) is 1.77. The molecule has 0 N–H and O–H groups in total. The van der Waals surface area contributed by atoms with Crippen molar-refractivity contribution in [2.75, 3.05) is 7.11 Å². The van der Waals surface area contributed by atoms with Crippen molar-refractivity contribution in [1.29, 1.82) is 0 Å². The van der Waals surface area contributed by atoms with Crippen molar-refractivity contribution in [3.8, 4) is 11.4 Å². The first-order valence-corrected chi connectivity index (χ1v) is 10.1. The maximum absolute atomic E-state index is 5.55. The van der Waals surface area contributed by atoms with Crippen LogP contribution in [0.1, 0.15) is 31.0 Å². The number of benzene rings is 1. The number of para-hydroxylation sites is 2. The number of hydrogen-bond acceptors (Lipinski definition) is 6. The Morgan fingerprint density at radius 1 is 1.07 bits per heavy atom. The van der Waals surface area contributed by atoms with Gasteiger partial charge in [-0.1, -0.05) is 43.8 Å². The van der Waals surface area contributed by atoms with E-state index in [0.29, 0.717) is 0 Å². The van der Waals surface area contributed by atoms with Gasteiger partial charge in [0.15, 0.2) is 0 Å². The van der Waals surface area contributed by atoms with Crippen LogP contribution in [0.15, 0.2) is 60.0 Å². The predicted octanol–water partition coefficient (Wildman–Crippen LogP) is 4.63. The minimum atomic E-state index is 0.252. The van der Waals surface area contributed by atoms with E-state index in [2.05, 4.69) is 40.2 Å². The second-order valence-corrected chi connectivity index (χ2v) is 7.65. The number of thioether (sulfide) groups is 1. The number of fused-ring (bicyclic) bond motifs is 1. The molecule has 0 unspecified atom stereocenters. The second-order valence-electron chi connectivity index (χ2n) is 6.69. The summed E-state index contributed by atoms with van der Waals surface area (Å²) in [7, 11) is 1.67. The monoisotopic (exact) mass is 391 g/mol. The Hall–Kier alpha value is -2.93. The van der Waals surface area contributed by atoms with Crippen molar-refractivity contribution in [3.05, 3.63) is 66.2 Å². The minimum absolute atomic E-state index is 0.252. The van der Waals surface area contributed by atoms with Gasteiger partial charge in [0.05, 0.1) is 19.0 Å². The molecule has 4 rings (SSSR count). The molecule has 0 spiro atoms. The van der Waals surface area contributed by atoms with Gasteiger partial charge in [0.1, 0.15) is 22.0 Å². The molecule has 0 bridgehead atoms. The van der Waals surface area contributed by atoms with Gasteiger partial charge in [-0.3, -0.25) is 4.98 Å². The Balaban J connectivity index is 1.85. The summed E-state index contributed by atoms with van der Waals surface area (Å²) in [4.78, 5) is 4.19. The van der Waals surface area contributed by atoms with Crippen molar-refractivity contribution in [2.24, 2.45) is 0 Å². The maximum atomic E-state index is 5.55. The zero-order valence-electron chi connectivity index (χ0n) is 16.0.